The van der Waals surface area contributed by atoms with Gasteiger partial charge < -0.3 is 13.9 Å². The zero-order valence-electron chi connectivity index (χ0n) is 21.8. The van der Waals surface area contributed by atoms with Gasteiger partial charge in [0.2, 0.25) is 11.2 Å². The summed E-state index contributed by atoms with van der Waals surface area (Å²) in [5, 5.41) is -0.206. The molecule has 3 aromatic carbocycles. The van der Waals surface area contributed by atoms with Crippen LogP contribution in [0.3, 0.4) is 0 Å². The Morgan fingerprint density at radius 3 is 2.12 bits per heavy atom. The first-order valence-electron chi connectivity index (χ1n) is 12.5. The van der Waals surface area contributed by atoms with E-state index in [0.717, 1.165) is 22.1 Å². The summed E-state index contributed by atoms with van der Waals surface area (Å²) in [5.74, 6) is -4.40. The third-order valence-corrected chi connectivity index (χ3v) is 6.37. The Morgan fingerprint density at radius 1 is 0.878 bits per heavy atom. The van der Waals surface area contributed by atoms with Crippen molar-refractivity contribution in [3.8, 4) is 17.2 Å². The van der Waals surface area contributed by atoms with E-state index in [1.165, 1.54) is 24.3 Å². The smallest absolute Gasteiger partial charge is 0.449 e. The van der Waals surface area contributed by atoms with Gasteiger partial charge in [-0.1, -0.05) is 18.2 Å². The second-order valence-corrected chi connectivity index (χ2v) is 9.56. The van der Waals surface area contributed by atoms with Crippen molar-refractivity contribution in [3.63, 3.8) is 0 Å². The first-order chi connectivity index (χ1) is 19.4. The molecular weight excluding hydrogens is 543 g/mol. The van der Waals surface area contributed by atoms with E-state index in [1.807, 2.05) is 0 Å². The van der Waals surface area contributed by atoms with E-state index >= 15 is 0 Å². The molecule has 0 N–H and O–H groups in total. The first kappa shape index (κ1) is 27.6. The highest BCUT2D eigenvalue weighted by Crippen LogP contribution is 2.39. The Hall–Kier alpha value is -4.93. The highest BCUT2D eigenvalue weighted by molar-refractivity contribution is 6.21. The predicted molar refractivity (Wildman–Crippen MR) is 140 cm³/mol. The maximum absolute atomic E-state index is 13.9. The van der Waals surface area contributed by atoms with E-state index < -0.39 is 46.5 Å². The zero-order valence-corrected chi connectivity index (χ0v) is 21.8. The number of halogens is 3. The van der Waals surface area contributed by atoms with E-state index in [1.54, 1.807) is 44.2 Å². The number of hydrogen-bond acceptors (Lipinski definition) is 7. The lowest BCUT2D eigenvalue weighted by Crippen LogP contribution is -2.31. The fraction of sp³-hybridized carbons (Fsp3) is 0.200. The minimum absolute atomic E-state index is 0.0216. The van der Waals surface area contributed by atoms with Gasteiger partial charge in [0.1, 0.15) is 17.1 Å². The van der Waals surface area contributed by atoms with E-state index in [-0.39, 0.29) is 36.3 Å². The number of carbonyl (C=O) groups is 3. The standard InChI is InChI=1S/C30H22F3NO7/c1-16-12-17(2)14-19(13-16)40-26-25(36)22-10-9-18(15-23(22)41-27(26)30(31,32)33)39-24(35)8-5-11-34-28(37)20-6-3-4-7-21(20)29(34)38/h3-4,6-7,9-10,12-15H,5,8,11H2,1-2H3. The number of nitrogens with zero attached hydrogens (tertiary/aromatic N) is 1. The number of carbonyl (C=O) groups excluding carboxylic acids is 3. The van der Waals surface area contributed by atoms with E-state index in [0.29, 0.717) is 11.1 Å². The molecule has 0 spiro atoms. The number of aryl methyl sites for hydroxylation is 2. The Bertz CT molecular complexity index is 1720. The number of fused-ring (bicyclic) bond motifs is 2. The quantitative estimate of drug-likeness (QED) is 0.149. The lowest BCUT2D eigenvalue weighted by atomic mass is 10.1. The number of hydrogen-bond donors (Lipinski definition) is 0. The molecule has 41 heavy (non-hydrogen) atoms. The maximum atomic E-state index is 13.9. The van der Waals surface area contributed by atoms with Crippen molar-refractivity contribution in [1.29, 1.82) is 0 Å². The molecule has 5 rings (SSSR count). The highest BCUT2D eigenvalue weighted by atomic mass is 19.4. The van der Waals surface area contributed by atoms with Gasteiger partial charge in [-0.3, -0.25) is 24.1 Å². The molecular formula is C30H22F3NO7. The molecule has 210 valence electrons. The van der Waals surface area contributed by atoms with Crippen LogP contribution >= 0.6 is 0 Å². The molecule has 8 nitrogen and oxygen atoms in total. The molecule has 1 aliphatic rings. The van der Waals surface area contributed by atoms with Crippen LogP contribution in [-0.2, 0) is 11.0 Å². The molecule has 4 aromatic rings. The number of rotatable bonds is 7. The van der Waals surface area contributed by atoms with Gasteiger partial charge in [-0.25, -0.2) is 0 Å². The molecule has 0 aliphatic carbocycles. The van der Waals surface area contributed by atoms with Crippen LogP contribution in [0.1, 0.15) is 50.4 Å². The van der Waals surface area contributed by atoms with Crippen molar-refractivity contribution in [3.05, 3.63) is 98.9 Å². The molecule has 0 atom stereocenters. The van der Waals surface area contributed by atoms with Gasteiger partial charge in [-0.15, -0.1) is 0 Å². The summed E-state index contributed by atoms with van der Waals surface area (Å²) in [6.07, 6.45) is -5.14. The minimum Gasteiger partial charge on any atom is -0.449 e. The maximum Gasteiger partial charge on any atom is 0.453 e. The van der Waals surface area contributed by atoms with E-state index in [4.69, 9.17) is 13.9 Å². The summed E-state index contributed by atoms with van der Waals surface area (Å²) >= 11 is 0. The molecule has 1 aliphatic heterocycles. The zero-order chi connectivity index (χ0) is 29.5. The fourth-order valence-corrected chi connectivity index (χ4v) is 4.62. The number of benzene rings is 3. The highest BCUT2D eigenvalue weighted by Gasteiger charge is 2.41. The minimum atomic E-state index is -5.06. The lowest BCUT2D eigenvalue weighted by molar-refractivity contribution is -0.154. The third kappa shape index (κ3) is 5.56. The molecule has 0 saturated carbocycles. The molecule has 0 radical (unpaired) electrons. The van der Waals surface area contributed by atoms with Crippen molar-refractivity contribution in [1.82, 2.24) is 4.90 Å². The van der Waals surface area contributed by atoms with Gasteiger partial charge in [0.25, 0.3) is 17.6 Å². The number of amides is 2. The third-order valence-electron chi connectivity index (χ3n) is 6.37. The molecule has 2 heterocycles. The average Bonchev–Trinajstić information content (AvgIpc) is 3.14. The van der Waals surface area contributed by atoms with Crippen molar-refractivity contribution >= 4 is 28.8 Å². The SMILES string of the molecule is Cc1cc(C)cc(Oc2c(C(F)(F)F)oc3cc(OC(=O)CCCN4C(=O)c5ccccc5C4=O)ccc3c2=O)c1. The second kappa shape index (κ2) is 10.6. The average molecular weight is 566 g/mol. The van der Waals surface area contributed by atoms with E-state index in [9.17, 15) is 32.3 Å². The Kier molecular flexibility index (Phi) is 7.12. The van der Waals surface area contributed by atoms with E-state index in [2.05, 4.69) is 0 Å². The van der Waals surface area contributed by atoms with Crippen molar-refractivity contribution in [2.45, 2.75) is 32.9 Å². The topological polar surface area (TPSA) is 103 Å². The molecule has 0 fully saturated rings. The Morgan fingerprint density at radius 2 is 1.51 bits per heavy atom. The van der Waals surface area contributed by atoms with Gasteiger partial charge >= 0.3 is 12.1 Å². The summed E-state index contributed by atoms with van der Waals surface area (Å²) in [6.45, 7) is 3.45. The first-order valence-corrected chi connectivity index (χ1v) is 12.5. The second-order valence-electron chi connectivity index (χ2n) is 9.56. The van der Waals surface area contributed by atoms with Crippen LogP contribution in [0, 0.1) is 13.8 Å². The molecule has 11 heteroatoms. The number of alkyl halides is 3. The normalized spacial score (nSPS) is 13.0. The number of ether oxygens (including phenoxy) is 2. The summed E-state index contributed by atoms with van der Waals surface area (Å²) in [7, 11) is 0. The predicted octanol–water partition coefficient (Wildman–Crippen LogP) is 6.20. The van der Waals surface area contributed by atoms with Crippen molar-refractivity contribution < 1.29 is 41.4 Å². The fourth-order valence-electron chi connectivity index (χ4n) is 4.62. The van der Waals surface area contributed by atoms with Crippen LogP contribution in [0.15, 0.2) is 69.9 Å². The molecule has 2 amide bonds. The Balaban J connectivity index is 1.32. The van der Waals surface area contributed by atoms with Crippen LogP contribution < -0.4 is 14.9 Å². The number of esters is 1. The van der Waals surface area contributed by atoms with Crippen LogP contribution in [-0.4, -0.2) is 29.2 Å². The van der Waals surface area contributed by atoms with Gasteiger partial charge in [0.15, 0.2) is 0 Å². The molecule has 0 saturated heterocycles. The summed E-state index contributed by atoms with van der Waals surface area (Å²) in [4.78, 5) is 51.4. The summed E-state index contributed by atoms with van der Waals surface area (Å²) in [6, 6.07) is 14.6. The largest absolute Gasteiger partial charge is 0.453 e. The monoisotopic (exact) mass is 565 g/mol. The van der Waals surface area contributed by atoms with Gasteiger partial charge in [0, 0.05) is 19.0 Å². The van der Waals surface area contributed by atoms with Crippen LogP contribution in [0.25, 0.3) is 11.0 Å². The summed E-state index contributed by atoms with van der Waals surface area (Å²) in [5.41, 5.74) is 0.544. The van der Waals surface area contributed by atoms with Gasteiger partial charge in [-0.2, -0.15) is 13.2 Å². The molecule has 1 aromatic heterocycles. The van der Waals surface area contributed by atoms with Crippen LogP contribution in [0.5, 0.6) is 17.2 Å². The van der Waals surface area contributed by atoms with Crippen LogP contribution in [0.2, 0.25) is 0 Å². The van der Waals surface area contributed by atoms with Crippen molar-refractivity contribution in [2.24, 2.45) is 0 Å². The lowest BCUT2D eigenvalue weighted by Gasteiger charge is -2.14. The molecule has 0 bridgehead atoms. The summed E-state index contributed by atoms with van der Waals surface area (Å²) < 4.78 is 57.3. The van der Waals surface area contributed by atoms with Gasteiger partial charge in [0.05, 0.1) is 16.5 Å². The van der Waals surface area contributed by atoms with Gasteiger partial charge in [-0.05, 0) is 67.8 Å². The van der Waals surface area contributed by atoms with Crippen molar-refractivity contribution in [2.75, 3.05) is 6.54 Å². The van der Waals surface area contributed by atoms with Crippen LogP contribution in [0.4, 0.5) is 13.2 Å². The number of imide groups is 1. The Labute approximate surface area is 230 Å². The molecule has 0 unspecified atom stereocenters.